The van der Waals surface area contributed by atoms with Gasteiger partial charge in [-0.25, -0.2) is 19.5 Å². The van der Waals surface area contributed by atoms with Crippen molar-refractivity contribution in [1.29, 1.82) is 0 Å². The Morgan fingerprint density at radius 2 is 2.06 bits per heavy atom. The summed E-state index contributed by atoms with van der Waals surface area (Å²) in [5, 5.41) is 18.1. The van der Waals surface area contributed by atoms with Crippen molar-refractivity contribution in [1.82, 2.24) is 30.4 Å². The fourth-order valence-corrected chi connectivity index (χ4v) is 3.94. The predicted octanol–water partition coefficient (Wildman–Crippen LogP) is 3.54. The summed E-state index contributed by atoms with van der Waals surface area (Å²) < 4.78 is 16.2. The molecule has 0 saturated heterocycles. The van der Waals surface area contributed by atoms with Gasteiger partial charge in [0, 0.05) is 22.7 Å². The van der Waals surface area contributed by atoms with Crippen LogP contribution in [-0.4, -0.2) is 49.2 Å². The van der Waals surface area contributed by atoms with Gasteiger partial charge >= 0.3 is 0 Å². The second-order valence-corrected chi connectivity index (χ2v) is 7.99. The van der Waals surface area contributed by atoms with Crippen molar-refractivity contribution >= 4 is 39.6 Å². The Bertz CT molecular complexity index is 1560. The molecule has 5 aromatic rings. The number of carbonyl (C=O) groups is 1. The maximum atomic E-state index is 14.7. The lowest BCUT2D eigenvalue weighted by Gasteiger charge is -2.09. The van der Waals surface area contributed by atoms with Crippen molar-refractivity contribution in [3.63, 3.8) is 0 Å². The van der Waals surface area contributed by atoms with E-state index in [0.717, 1.165) is 5.39 Å². The van der Waals surface area contributed by atoms with Crippen LogP contribution in [0.15, 0.2) is 60.8 Å². The second-order valence-electron chi connectivity index (χ2n) is 7.59. The highest BCUT2D eigenvalue weighted by atomic mass is 35.5. The normalized spacial score (nSPS) is 11.3. The van der Waals surface area contributed by atoms with Crippen LogP contribution in [0.4, 0.5) is 4.39 Å². The number of hydroxylamine groups is 1. The summed E-state index contributed by atoms with van der Waals surface area (Å²) in [5.41, 5.74) is 5.61. The third kappa shape index (κ3) is 4.54. The Balaban J connectivity index is 1.47. The molecular weight excluding hydrogens is 475 g/mol. The van der Waals surface area contributed by atoms with Gasteiger partial charge in [-0.3, -0.25) is 14.6 Å². The Morgan fingerprint density at radius 1 is 1.17 bits per heavy atom. The summed E-state index contributed by atoms with van der Waals surface area (Å²) in [6, 6.07) is 15.1. The van der Waals surface area contributed by atoms with Crippen LogP contribution in [0.3, 0.4) is 0 Å². The number of hydrogen-bond acceptors (Lipinski definition) is 7. The summed E-state index contributed by atoms with van der Waals surface area (Å²) in [6.07, 6.45) is 1.62. The fraction of sp³-hybridized carbons (Fsp3) is 0.125. The molecule has 11 heteroatoms. The fourth-order valence-electron chi connectivity index (χ4n) is 3.68. The molecule has 0 radical (unpaired) electrons. The molecule has 0 saturated carbocycles. The molecule has 35 heavy (non-hydrogen) atoms. The molecule has 0 unspecified atom stereocenters. The first-order valence-corrected chi connectivity index (χ1v) is 11.0. The zero-order valence-electron chi connectivity index (χ0n) is 18.2. The zero-order valence-corrected chi connectivity index (χ0v) is 18.9. The van der Waals surface area contributed by atoms with Crippen LogP contribution in [0.1, 0.15) is 15.9 Å². The number of pyridine rings is 2. The Kier molecular flexibility index (Phi) is 6.32. The van der Waals surface area contributed by atoms with Crippen molar-refractivity contribution in [2.24, 2.45) is 0 Å². The number of carbonyl (C=O) groups excluding carboxylic acids is 1. The molecule has 3 heterocycles. The van der Waals surface area contributed by atoms with Crippen molar-refractivity contribution in [2.75, 3.05) is 13.2 Å². The van der Waals surface area contributed by atoms with Crippen LogP contribution in [0.2, 0.25) is 5.02 Å². The van der Waals surface area contributed by atoms with Crippen LogP contribution in [0.25, 0.3) is 33.3 Å². The summed E-state index contributed by atoms with van der Waals surface area (Å²) in [5.74, 6) is -0.925. The molecule has 1 amide bonds. The summed E-state index contributed by atoms with van der Waals surface area (Å²) in [6.45, 7) is -0.164. The number of benzene rings is 2. The van der Waals surface area contributed by atoms with Crippen molar-refractivity contribution in [3.8, 4) is 11.3 Å². The SMILES string of the molecule is O=C(NOCCO)c1ccc(-c2ccc3nnn(Cc4c(F)ccc5cccnc45)c3n2)cc1Cl. The summed E-state index contributed by atoms with van der Waals surface area (Å²) in [7, 11) is 0. The maximum Gasteiger partial charge on any atom is 0.276 e. The molecule has 0 spiro atoms. The standard InChI is InChI=1S/C24H18ClFN6O3/c25-18-12-15(3-5-16(18)24(34)30-35-11-10-33)20-7-8-21-23(28-20)32(31-29-21)13-17-19(26)6-4-14-2-1-9-27-22(14)17/h1-9,12,33H,10-11,13H2,(H,30,34). The first-order valence-electron chi connectivity index (χ1n) is 10.6. The van der Waals surface area contributed by atoms with Crippen molar-refractivity contribution in [2.45, 2.75) is 6.54 Å². The van der Waals surface area contributed by atoms with Gasteiger partial charge in [-0.1, -0.05) is 28.9 Å². The Hall–Kier alpha value is -3.99. The number of aromatic nitrogens is 5. The first-order chi connectivity index (χ1) is 17.0. The van der Waals surface area contributed by atoms with Crippen LogP contribution in [0, 0.1) is 5.82 Å². The van der Waals surface area contributed by atoms with E-state index in [4.69, 9.17) is 21.5 Å². The number of fused-ring (bicyclic) bond motifs is 2. The molecule has 176 valence electrons. The smallest absolute Gasteiger partial charge is 0.276 e. The molecule has 2 N–H and O–H groups in total. The molecule has 0 atom stereocenters. The number of nitrogens with one attached hydrogen (secondary N) is 1. The lowest BCUT2D eigenvalue weighted by atomic mass is 10.1. The van der Waals surface area contributed by atoms with E-state index < -0.39 is 5.91 Å². The van der Waals surface area contributed by atoms with E-state index in [2.05, 4.69) is 25.8 Å². The third-order valence-electron chi connectivity index (χ3n) is 5.36. The van der Waals surface area contributed by atoms with Gasteiger partial charge in [0.2, 0.25) is 0 Å². The van der Waals surface area contributed by atoms with Crippen LogP contribution < -0.4 is 5.48 Å². The zero-order chi connectivity index (χ0) is 24.4. The van der Waals surface area contributed by atoms with Gasteiger partial charge in [-0.05, 0) is 42.5 Å². The lowest BCUT2D eigenvalue weighted by molar-refractivity contribution is 0.0168. The molecule has 0 fully saturated rings. The minimum Gasteiger partial charge on any atom is -0.394 e. The molecule has 0 aliphatic carbocycles. The quantitative estimate of drug-likeness (QED) is 0.264. The molecule has 0 bridgehead atoms. The number of hydrogen-bond donors (Lipinski definition) is 2. The minimum absolute atomic E-state index is 0.0359. The van der Waals surface area contributed by atoms with Gasteiger partial charge in [0.25, 0.3) is 5.91 Å². The number of halogens is 2. The van der Waals surface area contributed by atoms with Crippen LogP contribution in [-0.2, 0) is 11.4 Å². The van der Waals surface area contributed by atoms with E-state index in [-0.39, 0.29) is 36.2 Å². The molecular formula is C24H18ClFN6O3. The highest BCUT2D eigenvalue weighted by molar-refractivity contribution is 6.34. The van der Waals surface area contributed by atoms with E-state index in [1.165, 1.54) is 10.7 Å². The van der Waals surface area contributed by atoms with Crippen molar-refractivity contribution < 1.29 is 19.1 Å². The molecule has 5 rings (SSSR count). The van der Waals surface area contributed by atoms with E-state index in [1.54, 1.807) is 48.7 Å². The van der Waals surface area contributed by atoms with Crippen LogP contribution in [0.5, 0.6) is 0 Å². The maximum absolute atomic E-state index is 14.7. The monoisotopic (exact) mass is 492 g/mol. The number of amides is 1. The second kappa shape index (κ2) is 9.71. The average molecular weight is 493 g/mol. The van der Waals surface area contributed by atoms with E-state index in [1.807, 2.05) is 6.07 Å². The van der Waals surface area contributed by atoms with Gasteiger partial charge in [0.05, 0.1) is 41.6 Å². The molecule has 3 aromatic heterocycles. The van der Waals surface area contributed by atoms with Gasteiger partial charge < -0.3 is 5.11 Å². The van der Waals surface area contributed by atoms with E-state index in [9.17, 15) is 9.18 Å². The predicted molar refractivity (Wildman–Crippen MR) is 127 cm³/mol. The van der Waals surface area contributed by atoms with E-state index >= 15 is 0 Å². The third-order valence-corrected chi connectivity index (χ3v) is 5.67. The van der Waals surface area contributed by atoms with Gasteiger partial charge in [-0.2, -0.15) is 0 Å². The number of aliphatic hydroxyl groups excluding tert-OH is 1. The highest BCUT2D eigenvalue weighted by Gasteiger charge is 2.16. The molecule has 2 aromatic carbocycles. The average Bonchev–Trinajstić information content (AvgIpc) is 3.27. The Labute approximate surface area is 203 Å². The van der Waals surface area contributed by atoms with Gasteiger partial charge in [0.15, 0.2) is 5.65 Å². The molecule has 9 nitrogen and oxygen atoms in total. The Morgan fingerprint density at radius 3 is 2.89 bits per heavy atom. The first kappa shape index (κ1) is 22.8. The largest absolute Gasteiger partial charge is 0.394 e. The highest BCUT2D eigenvalue weighted by Crippen LogP contribution is 2.27. The van der Waals surface area contributed by atoms with E-state index in [0.29, 0.717) is 33.5 Å². The molecule has 0 aliphatic heterocycles. The number of rotatable bonds is 7. The number of nitrogens with zero attached hydrogens (tertiary/aromatic N) is 5. The summed E-state index contributed by atoms with van der Waals surface area (Å²) >= 11 is 6.32. The topological polar surface area (TPSA) is 115 Å². The van der Waals surface area contributed by atoms with Crippen molar-refractivity contribution in [3.05, 3.63) is 82.8 Å². The minimum atomic E-state index is -0.536. The lowest BCUT2D eigenvalue weighted by Crippen LogP contribution is -2.25. The molecule has 0 aliphatic rings. The van der Waals surface area contributed by atoms with Gasteiger partial charge in [0.1, 0.15) is 11.3 Å². The van der Waals surface area contributed by atoms with Gasteiger partial charge in [-0.15, -0.1) is 5.10 Å². The van der Waals surface area contributed by atoms with Crippen LogP contribution >= 0.6 is 11.6 Å². The summed E-state index contributed by atoms with van der Waals surface area (Å²) in [4.78, 5) is 26.0. The number of aliphatic hydroxyl groups is 1.